The lowest BCUT2D eigenvalue weighted by Gasteiger charge is -2.35. The molecule has 1 aliphatic heterocycles. The average molecular weight is 230 g/mol. The van der Waals surface area contributed by atoms with Crippen molar-refractivity contribution in [1.82, 2.24) is 4.90 Å². The summed E-state index contributed by atoms with van der Waals surface area (Å²) in [5, 5.41) is 9.41. The minimum absolute atomic E-state index is 0.242. The average Bonchev–Trinajstić information content (AvgIpc) is 2.43. The predicted molar refractivity (Wildman–Crippen MR) is 71.8 cm³/mol. The van der Waals surface area contributed by atoms with Gasteiger partial charge in [-0.15, -0.1) is 0 Å². The molecule has 2 heteroatoms. The lowest BCUT2D eigenvalue weighted by Crippen LogP contribution is -2.39. The van der Waals surface area contributed by atoms with E-state index in [9.17, 15) is 5.26 Å². The normalized spacial score (nSPS) is 18.7. The number of piperidine rings is 1. The summed E-state index contributed by atoms with van der Waals surface area (Å²) in [6.07, 6.45) is 1.90. The summed E-state index contributed by atoms with van der Waals surface area (Å²) in [7, 11) is 2.12. The van der Waals surface area contributed by atoms with E-state index in [1.54, 1.807) is 0 Å². The van der Waals surface area contributed by atoms with E-state index < -0.39 is 0 Å². The van der Waals surface area contributed by atoms with E-state index in [1.165, 1.54) is 5.56 Å². The Labute approximate surface area is 105 Å². The number of rotatable bonds is 1. The van der Waals surface area contributed by atoms with E-state index in [1.807, 2.05) is 32.0 Å². The van der Waals surface area contributed by atoms with Crippen molar-refractivity contribution in [2.45, 2.75) is 32.1 Å². The number of benzene rings is 1. The minimum Gasteiger partial charge on any atom is -0.306 e. The molecule has 0 amide bonds. The Kier molecular flexibility index (Phi) is 5.18. The van der Waals surface area contributed by atoms with Crippen molar-refractivity contribution >= 4 is 0 Å². The monoisotopic (exact) mass is 230 g/mol. The van der Waals surface area contributed by atoms with Crippen molar-refractivity contribution in [3.8, 4) is 6.07 Å². The van der Waals surface area contributed by atoms with Gasteiger partial charge in [-0.2, -0.15) is 5.26 Å². The molecule has 0 aromatic heterocycles. The third-order valence-electron chi connectivity index (χ3n) is 3.38. The zero-order valence-electron chi connectivity index (χ0n) is 11.1. The molecule has 2 nitrogen and oxygen atoms in total. The fourth-order valence-corrected chi connectivity index (χ4v) is 2.22. The molecule has 1 aromatic carbocycles. The van der Waals surface area contributed by atoms with Gasteiger partial charge in [0.2, 0.25) is 0 Å². The van der Waals surface area contributed by atoms with Gasteiger partial charge in [0.15, 0.2) is 0 Å². The Morgan fingerprint density at radius 2 is 1.65 bits per heavy atom. The first kappa shape index (κ1) is 13.7. The van der Waals surface area contributed by atoms with Crippen LogP contribution in [0.4, 0.5) is 0 Å². The predicted octanol–water partition coefficient (Wildman–Crippen LogP) is 3.20. The standard InChI is InChI=1S/C13H16N2.C2H6/c1-15-9-7-13(11-14,8-10-15)12-5-3-2-4-6-12;1-2/h2-6H,7-10H2,1H3;1-2H3. The summed E-state index contributed by atoms with van der Waals surface area (Å²) in [5.74, 6) is 0. The largest absolute Gasteiger partial charge is 0.306 e. The Morgan fingerprint density at radius 3 is 2.12 bits per heavy atom. The van der Waals surface area contributed by atoms with Crippen LogP contribution in [0, 0.1) is 11.3 Å². The van der Waals surface area contributed by atoms with Gasteiger partial charge >= 0.3 is 0 Å². The van der Waals surface area contributed by atoms with E-state index in [4.69, 9.17) is 0 Å². The van der Waals surface area contributed by atoms with Crippen molar-refractivity contribution in [2.24, 2.45) is 0 Å². The molecule has 1 heterocycles. The number of hydrogen-bond donors (Lipinski definition) is 0. The summed E-state index contributed by atoms with van der Waals surface area (Å²) in [5.41, 5.74) is 0.939. The van der Waals surface area contributed by atoms with E-state index in [0.29, 0.717) is 0 Å². The van der Waals surface area contributed by atoms with Gasteiger partial charge in [0.05, 0.1) is 11.5 Å². The van der Waals surface area contributed by atoms with Crippen molar-refractivity contribution in [2.75, 3.05) is 20.1 Å². The van der Waals surface area contributed by atoms with Crippen LogP contribution < -0.4 is 0 Å². The molecule has 0 atom stereocenters. The molecule has 1 fully saturated rings. The zero-order chi connectivity index (χ0) is 12.7. The molecular weight excluding hydrogens is 208 g/mol. The first-order valence-electron chi connectivity index (χ1n) is 6.42. The highest BCUT2D eigenvalue weighted by Crippen LogP contribution is 2.34. The molecule has 2 rings (SSSR count). The first-order chi connectivity index (χ1) is 8.27. The second-order valence-corrected chi connectivity index (χ2v) is 4.36. The summed E-state index contributed by atoms with van der Waals surface area (Å²) < 4.78 is 0. The van der Waals surface area contributed by atoms with E-state index in [-0.39, 0.29) is 5.41 Å². The third-order valence-corrected chi connectivity index (χ3v) is 3.38. The molecule has 0 saturated carbocycles. The maximum atomic E-state index is 9.41. The Balaban J connectivity index is 0.000000686. The molecule has 1 saturated heterocycles. The van der Waals surface area contributed by atoms with Crippen molar-refractivity contribution in [1.29, 1.82) is 5.26 Å². The fourth-order valence-electron chi connectivity index (χ4n) is 2.22. The van der Waals surface area contributed by atoms with E-state index in [2.05, 4.69) is 30.1 Å². The SMILES string of the molecule is CC.CN1CCC(C#N)(c2ccccc2)CC1. The van der Waals surface area contributed by atoms with E-state index in [0.717, 1.165) is 25.9 Å². The highest BCUT2D eigenvalue weighted by atomic mass is 15.1. The lowest BCUT2D eigenvalue weighted by molar-refractivity contribution is 0.222. The van der Waals surface area contributed by atoms with Crippen LogP contribution in [-0.4, -0.2) is 25.0 Å². The molecule has 0 aliphatic carbocycles. The van der Waals surface area contributed by atoms with Crippen LogP contribution in [0.15, 0.2) is 30.3 Å². The number of hydrogen-bond acceptors (Lipinski definition) is 2. The van der Waals surface area contributed by atoms with Crippen LogP contribution in [0.3, 0.4) is 0 Å². The summed E-state index contributed by atoms with van der Waals surface area (Å²) in [6.45, 7) is 6.03. The van der Waals surface area contributed by atoms with Gasteiger partial charge in [-0.25, -0.2) is 0 Å². The van der Waals surface area contributed by atoms with Crippen LogP contribution in [0.2, 0.25) is 0 Å². The molecule has 17 heavy (non-hydrogen) atoms. The van der Waals surface area contributed by atoms with Crippen molar-refractivity contribution in [3.05, 3.63) is 35.9 Å². The molecule has 1 aromatic rings. The Morgan fingerprint density at radius 1 is 1.12 bits per heavy atom. The van der Waals surface area contributed by atoms with Gasteiger partial charge in [0.25, 0.3) is 0 Å². The smallest absolute Gasteiger partial charge is 0.0846 e. The molecule has 0 spiro atoms. The minimum atomic E-state index is -0.242. The molecular formula is C15H22N2. The number of likely N-dealkylation sites (tertiary alicyclic amines) is 1. The summed E-state index contributed by atoms with van der Waals surface area (Å²) in [4.78, 5) is 2.29. The van der Waals surface area contributed by atoms with Gasteiger partial charge in [-0.05, 0) is 38.5 Å². The summed E-state index contributed by atoms with van der Waals surface area (Å²) >= 11 is 0. The van der Waals surface area contributed by atoms with Gasteiger partial charge in [-0.1, -0.05) is 44.2 Å². The van der Waals surface area contributed by atoms with Crippen LogP contribution in [0.25, 0.3) is 0 Å². The third kappa shape index (κ3) is 3.08. The molecule has 92 valence electrons. The Bertz CT molecular complexity index is 356. The number of nitrogens with zero attached hydrogens (tertiary/aromatic N) is 2. The van der Waals surface area contributed by atoms with Gasteiger partial charge in [0, 0.05) is 0 Å². The first-order valence-corrected chi connectivity index (χ1v) is 6.42. The Hall–Kier alpha value is -1.33. The van der Waals surface area contributed by atoms with Crippen LogP contribution >= 0.6 is 0 Å². The lowest BCUT2D eigenvalue weighted by atomic mass is 9.74. The van der Waals surface area contributed by atoms with Crippen LogP contribution in [-0.2, 0) is 5.41 Å². The topological polar surface area (TPSA) is 27.0 Å². The maximum absolute atomic E-state index is 9.41. The molecule has 0 bridgehead atoms. The number of nitriles is 1. The van der Waals surface area contributed by atoms with E-state index >= 15 is 0 Å². The molecule has 0 radical (unpaired) electrons. The fraction of sp³-hybridized carbons (Fsp3) is 0.533. The van der Waals surface area contributed by atoms with Crippen LogP contribution in [0.1, 0.15) is 32.3 Å². The molecule has 0 unspecified atom stereocenters. The second kappa shape index (κ2) is 6.42. The quantitative estimate of drug-likeness (QED) is 0.740. The van der Waals surface area contributed by atoms with Crippen molar-refractivity contribution < 1.29 is 0 Å². The van der Waals surface area contributed by atoms with Gasteiger partial charge in [0.1, 0.15) is 0 Å². The van der Waals surface area contributed by atoms with Crippen LogP contribution in [0.5, 0.6) is 0 Å². The second-order valence-electron chi connectivity index (χ2n) is 4.36. The maximum Gasteiger partial charge on any atom is 0.0846 e. The summed E-state index contributed by atoms with van der Waals surface area (Å²) in [6, 6.07) is 12.7. The van der Waals surface area contributed by atoms with Crippen molar-refractivity contribution in [3.63, 3.8) is 0 Å². The van der Waals surface area contributed by atoms with Gasteiger partial charge in [-0.3, -0.25) is 0 Å². The highest BCUT2D eigenvalue weighted by Gasteiger charge is 2.35. The molecule has 0 N–H and O–H groups in total. The zero-order valence-corrected chi connectivity index (χ0v) is 11.1. The van der Waals surface area contributed by atoms with Gasteiger partial charge < -0.3 is 4.90 Å². The highest BCUT2D eigenvalue weighted by molar-refractivity contribution is 5.33. The molecule has 1 aliphatic rings.